The highest BCUT2D eigenvalue weighted by Gasteiger charge is 2.47. The third kappa shape index (κ3) is 6.50. The van der Waals surface area contributed by atoms with Crippen molar-refractivity contribution in [2.24, 2.45) is 5.92 Å². The van der Waals surface area contributed by atoms with Crippen LogP contribution < -0.4 is 15.4 Å². The van der Waals surface area contributed by atoms with E-state index in [0.29, 0.717) is 55.8 Å². The van der Waals surface area contributed by atoms with E-state index in [1.807, 2.05) is 30.3 Å². The van der Waals surface area contributed by atoms with Gasteiger partial charge in [-0.15, -0.1) is 0 Å². The molecule has 0 aliphatic carbocycles. The first-order chi connectivity index (χ1) is 20.7. The Morgan fingerprint density at radius 1 is 1.02 bits per heavy atom. The zero-order valence-corrected chi connectivity index (χ0v) is 25.1. The van der Waals surface area contributed by atoms with Crippen molar-refractivity contribution in [2.75, 3.05) is 24.2 Å². The predicted octanol–water partition coefficient (Wildman–Crippen LogP) is 3.51. The quantitative estimate of drug-likeness (QED) is 0.490. The summed E-state index contributed by atoms with van der Waals surface area (Å²) in [6.07, 6.45) is 2.97. The van der Waals surface area contributed by atoms with Gasteiger partial charge in [-0.3, -0.25) is 9.59 Å². The van der Waals surface area contributed by atoms with Crippen LogP contribution in [0.1, 0.15) is 61.4 Å². The van der Waals surface area contributed by atoms with Gasteiger partial charge in [-0.05, 0) is 75.1 Å². The molecule has 43 heavy (non-hydrogen) atoms. The van der Waals surface area contributed by atoms with Gasteiger partial charge in [-0.2, -0.15) is 4.31 Å². The zero-order valence-electron chi connectivity index (χ0n) is 24.2. The molecule has 0 radical (unpaired) electrons. The van der Waals surface area contributed by atoms with Gasteiger partial charge in [0.15, 0.2) is 6.10 Å². The topological polar surface area (TPSA) is 134 Å². The number of carbonyl (C=O) groups is 3. The Bertz CT molecular complexity index is 1460. The molecule has 2 N–H and O–H groups in total. The molecule has 0 unspecified atom stereocenters. The molecule has 4 heterocycles. The van der Waals surface area contributed by atoms with Crippen molar-refractivity contribution >= 4 is 33.6 Å². The minimum absolute atomic E-state index is 0.0172. The van der Waals surface area contributed by atoms with Crippen LogP contribution in [0.25, 0.3) is 0 Å². The van der Waals surface area contributed by atoms with Gasteiger partial charge in [0.2, 0.25) is 10.0 Å². The number of likely N-dealkylation sites (tertiary alicyclic amines) is 1. The second kappa shape index (κ2) is 12.2. The van der Waals surface area contributed by atoms with Crippen molar-refractivity contribution in [3.63, 3.8) is 0 Å². The fourth-order valence-corrected chi connectivity index (χ4v) is 9.19. The minimum atomic E-state index is -3.50. The molecule has 4 aliphatic rings. The van der Waals surface area contributed by atoms with E-state index in [4.69, 9.17) is 9.47 Å². The maximum atomic E-state index is 13.6. The number of rotatable bonds is 7. The fraction of sp³-hybridized carbons (Fsp3) is 0.516. The van der Waals surface area contributed by atoms with E-state index in [0.717, 1.165) is 18.4 Å². The Balaban J connectivity index is 0.992. The van der Waals surface area contributed by atoms with Crippen LogP contribution in [-0.4, -0.2) is 78.6 Å². The molecule has 0 saturated carbocycles. The summed E-state index contributed by atoms with van der Waals surface area (Å²) in [4.78, 5) is 39.2. The van der Waals surface area contributed by atoms with Crippen molar-refractivity contribution in [1.82, 2.24) is 14.5 Å². The maximum Gasteiger partial charge on any atom is 0.410 e. The molecular formula is C31H38N4O7S. The van der Waals surface area contributed by atoms with Crippen LogP contribution in [-0.2, 0) is 26.2 Å². The van der Waals surface area contributed by atoms with Gasteiger partial charge in [-0.1, -0.05) is 30.3 Å². The number of nitrogens with one attached hydrogen (secondary N) is 2. The van der Waals surface area contributed by atoms with Crippen molar-refractivity contribution < 1.29 is 32.3 Å². The lowest BCUT2D eigenvalue weighted by molar-refractivity contribution is -0.122. The predicted molar refractivity (Wildman–Crippen MR) is 159 cm³/mol. The number of ether oxygens (including phenoxy) is 2. The van der Waals surface area contributed by atoms with Crippen LogP contribution in [0.15, 0.2) is 48.5 Å². The number of hydrogen-bond donors (Lipinski definition) is 2. The number of benzene rings is 2. The Labute approximate surface area is 251 Å². The van der Waals surface area contributed by atoms with Crippen LogP contribution in [0.2, 0.25) is 0 Å². The molecule has 12 heteroatoms. The lowest BCUT2D eigenvalue weighted by Crippen LogP contribution is -2.53. The Morgan fingerprint density at radius 3 is 2.42 bits per heavy atom. The summed E-state index contributed by atoms with van der Waals surface area (Å²) in [6.45, 7) is 2.83. The largest absolute Gasteiger partial charge is 0.479 e. The first kappa shape index (κ1) is 29.4. The first-order valence-electron chi connectivity index (χ1n) is 15.1. The number of amides is 3. The lowest BCUT2D eigenvalue weighted by atomic mass is 9.99. The van der Waals surface area contributed by atoms with E-state index in [9.17, 15) is 22.8 Å². The number of sulfonamides is 1. The Hall–Kier alpha value is -3.64. The third-order valence-corrected chi connectivity index (χ3v) is 11.2. The van der Waals surface area contributed by atoms with Crippen LogP contribution in [0.5, 0.6) is 5.75 Å². The summed E-state index contributed by atoms with van der Waals surface area (Å²) < 4.78 is 40.0. The van der Waals surface area contributed by atoms with E-state index in [1.54, 1.807) is 34.3 Å². The number of piperidine rings is 2. The Kier molecular flexibility index (Phi) is 8.32. The molecule has 3 saturated heterocycles. The molecule has 3 amide bonds. The number of nitrogens with zero attached hydrogens (tertiary/aromatic N) is 2. The summed E-state index contributed by atoms with van der Waals surface area (Å²) in [5, 5.41) is 5.85. The highest BCUT2D eigenvalue weighted by molar-refractivity contribution is 7.89. The first-order valence-corrected chi connectivity index (χ1v) is 16.7. The van der Waals surface area contributed by atoms with E-state index >= 15 is 0 Å². The molecule has 2 aromatic carbocycles. The average Bonchev–Trinajstić information content (AvgIpc) is 3.29. The second-order valence-electron chi connectivity index (χ2n) is 12.1. The highest BCUT2D eigenvalue weighted by Crippen LogP contribution is 2.39. The molecule has 0 spiro atoms. The van der Waals surface area contributed by atoms with Gasteiger partial charge in [0.1, 0.15) is 12.4 Å². The van der Waals surface area contributed by atoms with E-state index in [1.165, 1.54) is 0 Å². The fourth-order valence-electron chi connectivity index (χ4n) is 6.80. The molecule has 0 aromatic heterocycles. The summed E-state index contributed by atoms with van der Waals surface area (Å²) in [5.74, 6) is 0.0590. The molecule has 2 bridgehead atoms. The van der Waals surface area contributed by atoms with E-state index < -0.39 is 16.1 Å². The molecule has 4 atom stereocenters. The third-order valence-electron chi connectivity index (χ3n) is 9.02. The summed E-state index contributed by atoms with van der Waals surface area (Å²) in [7, 11) is -3.50. The van der Waals surface area contributed by atoms with Crippen molar-refractivity contribution in [3.05, 3.63) is 59.7 Å². The minimum Gasteiger partial charge on any atom is -0.479 e. The maximum absolute atomic E-state index is 13.6. The monoisotopic (exact) mass is 610 g/mol. The van der Waals surface area contributed by atoms with Gasteiger partial charge in [0.25, 0.3) is 11.8 Å². The number of carbonyl (C=O) groups excluding carboxylic acids is 3. The van der Waals surface area contributed by atoms with Crippen LogP contribution in [0, 0.1) is 5.92 Å². The van der Waals surface area contributed by atoms with Crippen LogP contribution in [0.4, 0.5) is 10.5 Å². The molecule has 3 fully saturated rings. The van der Waals surface area contributed by atoms with Gasteiger partial charge in [0.05, 0.1) is 11.4 Å². The van der Waals surface area contributed by atoms with E-state index in [2.05, 4.69) is 10.6 Å². The molecule has 6 rings (SSSR count). The van der Waals surface area contributed by atoms with Gasteiger partial charge >= 0.3 is 6.09 Å². The number of anilines is 1. The molecular weight excluding hydrogens is 572 g/mol. The smallest absolute Gasteiger partial charge is 0.410 e. The Morgan fingerprint density at radius 2 is 1.72 bits per heavy atom. The number of fused-ring (bicyclic) bond motifs is 3. The lowest BCUT2D eigenvalue weighted by Gasteiger charge is -2.39. The zero-order chi connectivity index (χ0) is 30.1. The summed E-state index contributed by atoms with van der Waals surface area (Å²) >= 11 is 0. The standard InChI is InChI=1S/C31H38N4O7S/c1-20-29(36)33-27-15-23(7-10-28(27)42-20)30(37)32-24-16-25-8-9-26(17-24)35(25)43(39,40)19-22-11-13-34(14-12-22)31(38)41-18-21-5-3-2-4-6-21/h2-7,10,15,20,22,24-26H,8-9,11-14,16-19H2,1H3,(H,32,37)(H,33,36)/t20-,24-,25+,26-/m1/s1. The van der Waals surface area contributed by atoms with Gasteiger partial charge in [0, 0.05) is 36.8 Å². The van der Waals surface area contributed by atoms with Crippen LogP contribution >= 0.6 is 0 Å². The van der Waals surface area contributed by atoms with Gasteiger partial charge < -0.3 is 25.0 Å². The SMILES string of the molecule is C[C@H]1Oc2ccc(C(=O)N[C@H]3C[C@H]4CC[C@@H](C3)N4S(=O)(=O)CC3CCN(C(=O)OCc4ccccc4)CC3)cc2NC1=O. The average molecular weight is 611 g/mol. The van der Waals surface area contributed by atoms with Crippen molar-refractivity contribution in [1.29, 1.82) is 0 Å². The van der Waals surface area contributed by atoms with Gasteiger partial charge in [-0.25, -0.2) is 13.2 Å². The summed E-state index contributed by atoms with van der Waals surface area (Å²) in [6, 6.07) is 14.1. The van der Waals surface area contributed by atoms with Crippen molar-refractivity contribution in [2.45, 2.75) is 76.3 Å². The van der Waals surface area contributed by atoms with Crippen molar-refractivity contribution in [3.8, 4) is 5.75 Å². The molecule has 4 aliphatic heterocycles. The normalized spacial score (nSPS) is 25.8. The van der Waals surface area contributed by atoms with Crippen LogP contribution in [0.3, 0.4) is 0 Å². The molecule has 2 aromatic rings. The molecule has 230 valence electrons. The molecule has 11 nitrogen and oxygen atoms in total. The number of hydrogen-bond acceptors (Lipinski definition) is 7. The highest BCUT2D eigenvalue weighted by atomic mass is 32.2. The summed E-state index contributed by atoms with van der Waals surface area (Å²) in [5.41, 5.74) is 1.80. The van der Waals surface area contributed by atoms with E-state index in [-0.39, 0.29) is 54.3 Å². The second-order valence-corrected chi connectivity index (χ2v) is 14.0.